The minimum atomic E-state index is -0.272. The van der Waals surface area contributed by atoms with E-state index in [1.807, 2.05) is 19.1 Å². The second-order valence-electron chi connectivity index (χ2n) is 7.01. The molecule has 0 aromatic heterocycles. The third kappa shape index (κ3) is 4.77. The maximum atomic E-state index is 13.1. The lowest BCUT2D eigenvalue weighted by Crippen LogP contribution is -2.50. The normalized spacial score (nSPS) is 16.2. The van der Waals surface area contributed by atoms with E-state index in [1.165, 1.54) is 12.1 Å². The number of likely N-dealkylation sites (N-methyl/N-ethyl adjacent to an activating group) is 1. The fraction of sp³-hybridized carbons (Fsp3) is 0.381. The summed E-state index contributed by atoms with van der Waals surface area (Å²) >= 11 is 0. The second kappa shape index (κ2) is 8.39. The van der Waals surface area contributed by atoms with Gasteiger partial charge in [0.25, 0.3) is 0 Å². The van der Waals surface area contributed by atoms with Crippen LogP contribution < -0.4 is 4.90 Å². The number of piperazine rings is 1. The molecule has 5 nitrogen and oxygen atoms in total. The van der Waals surface area contributed by atoms with Gasteiger partial charge in [0.15, 0.2) is 0 Å². The number of hydrogen-bond donors (Lipinski definition) is 1. The van der Waals surface area contributed by atoms with Gasteiger partial charge in [-0.15, -0.1) is 0 Å². The number of aromatic hydroxyl groups is 1. The van der Waals surface area contributed by atoms with Gasteiger partial charge in [-0.3, -0.25) is 9.69 Å². The largest absolute Gasteiger partial charge is 0.508 e. The number of hydrogen-bond acceptors (Lipinski definition) is 4. The minimum absolute atomic E-state index is 0.0601. The number of phenolic OH excluding ortho intramolecular Hbond substituents is 1. The minimum Gasteiger partial charge on any atom is -0.508 e. The summed E-state index contributed by atoms with van der Waals surface area (Å²) in [5.41, 5.74) is 2.00. The second-order valence-corrected chi connectivity index (χ2v) is 7.01. The Kier molecular flexibility index (Phi) is 5.96. The van der Waals surface area contributed by atoms with Gasteiger partial charge in [0.05, 0.1) is 12.6 Å². The van der Waals surface area contributed by atoms with Crippen molar-refractivity contribution in [2.24, 2.45) is 0 Å². The van der Waals surface area contributed by atoms with Crippen LogP contribution in [0, 0.1) is 5.82 Å². The van der Waals surface area contributed by atoms with Gasteiger partial charge in [-0.05, 0) is 48.9 Å². The van der Waals surface area contributed by atoms with E-state index in [-0.39, 0.29) is 23.5 Å². The van der Waals surface area contributed by atoms with E-state index in [9.17, 15) is 14.3 Å². The highest BCUT2D eigenvalue weighted by Crippen LogP contribution is 2.21. The molecule has 1 saturated heterocycles. The van der Waals surface area contributed by atoms with Crippen LogP contribution in [0.2, 0.25) is 0 Å². The average Bonchev–Trinajstić information content (AvgIpc) is 2.68. The molecule has 1 aliphatic rings. The summed E-state index contributed by atoms with van der Waals surface area (Å²) in [4.78, 5) is 18.8. The van der Waals surface area contributed by atoms with Crippen molar-refractivity contribution < 1.29 is 14.3 Å². The number of carbonyl (C=O) groups excluding carboxylic acids is 1. The first-order valence-electron chi connectivity index (χ1n) is 9.21. The van der Waals surface area contributed by atoms with Crippen molar-refractivity contribution in [3.05, 3.63) is 59.9 Å². The molecule has 1 amide bonds. The van der Waals surface area contributed by atoms with Crippen LogP contribution in [0.1, 0.15) is 18.5 Å². The zero-order valence-corrected chi connectivity index (χ0v) is 15.8. The highest BCUT2D eigenvalue weighted by molar-refractivity contribution is 5.78. The van der Waals surface area contributed by atoms with Crippen LogP contribution in [-0.2, 0) is 4.79 Å². The molecule has 0 aliphatic carbocycles. The Balaban J connectivity index is 1.51. The van der Waals surface area contributed by atoms with Gasteiger partial charge in [0.1, 0.15) is 11.6 Å². The van der Waals surface area contributed by atoms with Gasteiger partial charge in [0.2, 0.25) is 5.91 Å². The van der Waals surface area contributed by atoms with E-state index in [2.05, 4.69) is 9.80 Å². The third-order valence-electron chi connectivity index (χ3n) is 5.27. The predicted molar refractivity (Wildman–Crippen MR) is 104 cm³/mol. The SMILES string of the molecule is CC(c1ccc(F)cc1)N(C)C(=O)CN1CCN(c2ccc(O)cc2)CC1. The van der Waals surface area contributed by atoms with Crippen LogP contribution in [0.5, 0.6) is 5.75 Å². The van der Waals surface area contributed by atoms with Crippen molar-refractivity contribution in [3.8, 4) is 5.75 Å². The van der Waals surface area contributed by atoms with E-state index in [1.54, 1.807) is 36.2 Å². The Morgan fingerprint density at radius 2 is 1.67 bits per heavy atom. The molecule has 1 aliphatic heterocycles. The Bertz CT molecular complexity index is 756. The molecule has 6 heteroatoms. The highest BCUT2D eigenvalue weighted by atomic mass is 19.1. The number of halogens is 1. The van der Waals surface area contributed by atoms with Crippen LogP contribution in [0.4, 0.5) is 10.1 Å². The number of benzene rings is 2. The Morgan fingerprint density at radius 3 is 2.26 bits per heavy atom. The van der Waals surface area contributed by atoms with Gasteiger partial charge in [-0.2, -0.15) is 0 Å². The number of rotatable bonds is 5. The molecule has 1 heterocycles. The molecule has 144 valence electrons. The Labute approximate surface area is 159 Å². The Morgan fingerprint density at radius 1 is 1.07 bits per heavy atom. The van der Waals surface area contributed by atoms with Crippen LogP contribution >= 0.6 is 0 Å². The molecule has 0 spiro atoms. The van der Waals surface area contributed by atoms with Crippen molar-refractivity contribution in [2.45, 2.75) is 13.0 Å². The fourth-order valence-electron chi connectivity index (χ4n) is 3.31. The summed E-state index contributed by atoms with van der Waals surface area (Å²) < 4.78 is 13.1. The highest BCUT2D eigenvalue weighted by Gasteiger charge is 2.23. The summed E-state index contributed by atoms with van der Waals surface area (Å²) in [7, 11) is 1.79. The zero-order chi connectivity index (χ0) is 19.4. The average molecular weight is 371 g/mol. The molecule has 0 radical (unpaired) electrons. The van der Waals surface area contributed by atoms with E-state index in [4.69, 9.17) is 0 Å². The molecular weight excluding hydrogens is 345 g/mol. The molecule has 3 rings (SSSR count). The van der Waals surface area contributed by atoms with Crippen LogP contribution in [0.3, 0.4) is 0 Å². The van der Waals surface area contributed by atoms with Crippen LogP contribution in [0.15, 0.2) is 48.5 Å². The van der Waals surface area contributed by atoms with Gasteiger partial charge in [0, 0.05) is 38.9 Å². The lowest BCUT2D eigenvalue weighted by Gasteiger charge is -2.37. The van der Waals surface area contributed by atoms with E-state index >= 15 is 0 Å². The fourth-order valence-corrected chi connectivity index (χ4v) is 3.31. The maximum absolute atomic E-state index is 13.1. The number of nitrogens with zero attached hydrogens (tertiary/aromatic N) is 3. The van der Waals surface area contributed by atoms with Crippen LogP contribution in [0.25, 0.3) is 0 Å². The zero-order valence-electron chi connectivity index (χ0n) is 15.8. The molecule has 0 saturated carbocycles. The summed E-state index contributed by atoms with van der Waals surface area (Å²) in [5, 5.41) is 9.40. The number of anilines is 1. The van der Waals surface area contributed by atoms with Crippen molar-refractivity contribution in [2.75, 3.05) is 44.7 Å². The predicted octanol–water partition coefficient (Wildman–Crippen LogP) is 2.87. The van der Waals surface area contributed by atoms with E-state index in [0.717, 1.165) is 37.4 Å². The van der Waals surface area contributed by atoms with Gasteiger partial charge in [-0.25, -0.2) is 4.39 Å². The third-order valence-corrected chi connectivity index (χ3v) is 5.27. The molecule has 2 aromatic carbocycles. The number of amides is 1. The quantitative estimate of drug-likeness (QED) is 0.878. The van der Waals surface area contributed by atoms with Crippen molar-refractivity contribution >= 4 is 11.6 Å². The number of carbonyl (C=O) groups is 1. The van der Waals surface area contributed by atoms with E-state index in [0.29, 0.717) is 6.54 Å². The first-order valence-corrected chi connectivity index (χ1v) is 9.21. The summed E-state index contributed by atoms with van der Waals surface area (Å²) in [6.07, 6.45) is 0. The molecule has 1 unspecified atom stereocenters. The lowest BCUT2D eigenvalue weighted by atomic mass is 10.1. The molecule has 1 N–H and O–H groups in total. The van der Waals surface area contributed by atoms with E-state index < -0.39 is 0 Å². The molecule has 2 aromatic rings. The van der Waals surface area contributed by atoms with Crippen molar-refractivity contribution in [3.63, 3.8) is 0 Å². The van der Waals surface area contributed by atoms with Crippen LogP contribution in [-0.4, -0.2) is 60.6 Å². The topological polar surface area (TPSA) is 47.0 Å². The maximum Gasteiger partial charge on any atom is 0.236 e. The standard InChI is InChI=1S/C21H26FN3O2/c1-16(17-3-5-18(22)6-4-17)23(2)21(27)15-24-11-13-25(14-12-24)19-7-9-20(26)10-8-19/h3-10,16,26H,11-15H2,1-2H3. The molecule has 0 bridgehead atoms. The van der Waals surface area contributed by atoms with Gasteiger partial charge in [-0.1, -0.05) is 12.1 Å². The Hall–Kier alpha value is -2.60. The summed E-state index contributed by atoms with van der Waals surface area (Å²) in [6, 6.07) is 13.4. The first kappa shape index (κ1) is 19.2. The number of phenols is 1. The van der Waals surface area contributed by atoms with Crippen molar-refractivity contribution in [1.82, 2.24) is 9.80 Å². The molecule has 1 atom stereocenters. The van der Waals surface area contributed by atoms with Gasteiger partial charge >= 0.3 is 0 Å². The smallest absolute Gasteiger partial charge is 0.236 e. The van der Waals surface area contributed by atoms with Gasteiger partial charge < -0.3 is 14.9 Å². The van der Waals surface area contributed by atoms with Crippen molar-refractivity contribution in [1.29, 1.82) is 0 Å². The molecule has 27 heavy (non-hydrogen) atoms. The first-order chi connectivity index (χ1) is 12.9. The lowest BCUT2D eigenvalue weighted by molar-refractivity contribution is -0.133. The molecular formula is C21H26FN3O2. The summed E-state index contributed by atoms with van der Waals surface area (Å²) in [5.74, 6) is 0.0534. The monoisotopic (exact) mass is 371 g/mol. The summed E-state index contributed by atoms with van der Waals surface area (Å²) in [6.45, 7) is 5.64. The molecule has 1 fully saturated rings.